The van der Waals surface area contributed by atoms with Crippen LogP contribution in [-0.2, 0) is 6.54 Å². The lowest BCUT2D eigenvalue weighted by molar-refractivity contribution is 0.469. The van der Waals surface area contributed by atoms with E-state index in [0.29, 0.717) is 17.4 Å². The van der Waals surface area contributed by atoms with Gasteiger partial charge in [-0.15, -0.1) is 4.91 Å². The first kappa shape index (κ1) is 15.0. The van der Waals surface area contributed by atoms with Gasteiger partial charge >= 0.3 is 5.63 Å². The number of fused-ring (bicyclic) bond motifs is 3. The number of aromatic hydroxyl groups is 1. The standard InChI is InChI=1S/C16H14N2O5/c1-2-3-8-18-10-7-5-4-6-9(10)14-11(15(18)20)13(19)12(17-22)16(21)23-14/h4-7,19H,2-3,8H2,1H3. The Labute approximate surface area is 129 Å². The Morgan fingerprint density at radius 2 is 2.00 bits per heavy atom. The van der Waals surface area contributed by atoms with Gasteiger partial charge in [0.1, 0.15) is 5.39 Å². The molecule has 3 aromatic rings. The van der Waals surface area contributed by atoms with Crippen LogP contribution in [0.2, 0.25) is 0 Å². The quantitative estimate of drug-likeness (QED) is 0.589. The maximum absolute atomic E-state index is 12.7. The van der Waals surface area contributed by atoms with Crippen LogP contribution in [0.25, 0.3) is 21.9 Å². The topological polar surface area (TPSA) is 102 Å². The average molecular weight is 314 g/mol. The molecule has 0 amide bonds. The smallest absolute Gasteiger partial charge is 0.369 e. The number of nitrogens with zero attached hydrogens (tertiary/aromatic N) is 2. The van der Waals surface area contributed by atoms with Gasteiger partial charge in [0.05, 0.1) is 5.52 Å². The highest BCUT2D eigenvalue weighted by Gasteiger charge is 2.21. The molecule has 0 aliphatic rings. The predicted molar refractivity (Wildman–Crippen MR) is 86.3 cm³/mol. The summed E-state index contributed by atoms with van der Waals surface area (Å²) in [4.78, 5) is 35.3. The Bertz CT molecular complexity index is 1030. The number of rotatable bonds is 4. The van der Waals surface area contributed by atoms with Crippen LogP contribution in [0.3, 0.4) is 0 Å². The van der Waals surface area contributed by atoms with Gasteiger partial charge in [0, 0.05) is 11.9 Å². The number of para-hydroxylation sites is 1. The number of hydrogen-bond acceptors (Lipinski definition) is 6. The van der Waals surface area contributed by atoms with Crippen molar-refractivity contribution in [2.45, 2.75) is 26.3 Å². The van der Waals surface area contributed by atoms with Crippen LogP contribution >= 0.6 is 0 Å². The maximum atomic E-state index is 12.7. The zero-order valence-electron chi connectivity index (χ0n) is 12.4. The molecule has 2 heterocycles. The number of aryl methyl sites for hydroxylation is 1. The van der Waals surface area contributed by atoms with Crippen LogP contribution in [0, 0.1) is 4.91 Å². The summed E-state index contributed by atoms with van der Waals surface area (Å²) in [5.74, 6) is -0.729. The van der Waals surface area contributed by atoms with Gasteiger partial charge in [-0.2, -0.15) is 0 Å². The summed E-state index contributed by atoms with van der Waals surface area (Å²) in [6, 6.07) is 6.94. The summed E-state index contributed by atoms with van der Waals surface area (Å²) in [5.41, 5.74) is -1.80. The summed E-state index contributed by atoms with van der Waals surface area (Å²) in [5, 5.41) is 12.9. The van der Waals surface area contributed by atoms with Gasteiger partial charge in [-0.1, -0.05) is 25.5 Å². The van der Waals surface area contributed by atoms with Crippen LogP contribution < -0.4 is 11.2 Å². The lowest BCUT2D eigenvalue weighted by Crippen LogP contribution is -2.22. The maximum Gasteiger partial charge on any atom is 0.369 e. The summed E-state index contributed by atoms with van der Waals surface area (Å²) >= 11 is 0. The first-order valence-electron chi connectivity index (χ1n) is 7.24. The highest BCUT2D eigenvalue weighted by Crippen LogP contribution is 2.32. The van der Waals surface area contributed by atoms with Gasteiger partial charge in [0.15, 0.2) is 11.3 Å². The second kappa shape index (κ2) is 5.68. The fraction of sp³-hybridized carbons (Fsp3) is 0.250. The van der Waals surface area contributed by atoms with Gasteiger partial charge in [-0.3, -0.25) is 4.79 Å². The molecule has 0 atom stereocenters. The zero-order valence-corrected chi connectivity index (χ0v) is 12.4. The molecular formula is C16H14N2O5. The molecule has 118 valence electrons. The Morgan fingerprint density at radius 3 is 2.70 bits per heavy atom. The van der Waals surface area contributed by atoms with Crippen LogP contribution in [0.1, 0.15) is 19.8 Å². The lowest BCUT2D eigenvalue weighted by Gasteiger charge is -2.12. The van der Waals surface area contributed by atoms with E-state index in [2.05, 4.69) is 5.18 Å². The highest BCUT2D eigenvalue weighted by molar-refractivity contribution is 6.04. The van der Waals surface area contributed by atoms with Crippen molar-refractivity contribution in [3.8, 4) is 5.75 Å². The molecule has 1 N–H and O–H groups in total. The Balaban J connectivity index is 2.57. The number of aromatic nitrogens is 1. The van der Waals surface area contributed by atoms with E-state index in [1.807, 2.05) is 6.92 Å². The van der Waals surface area contributed by atoms with Crippen molar-refractivity contribution in [3.63, 3.8) is 0 Å². The molecule has 0 bridgehead atoms. The molecule has 2 aromatic heterocycles. The molecule has 0 aliphatic heterocycles. The fourth-order valence-corrected chi connectivity index (χ4v) is 2.67. The van der Waals surface area contributed by atoms with E-state index in [0.717, 1.165) is 12.8 Å². The Morgan fingerprint density at radius 1 is 1.26 bits per heavy atom. The van der Waals surface area contributed by atoms with Crippen molar-refractivity contribution in [1.29, 1.82) is 0 Å². The lowest BCUT2D eigenvalue weighted by atomic mass is 10.1. The van der Waals surface area contributed by atoms with Gasteiger partial charge in [-0.25, -0.2) is 4.79 Å². The third-order valence-electron chi connectivity index (χ3n) is 3.80. The van der Waals surface area contributed by atoms with Gasteiger partial charge in [0.2, 0.25) is 5.69 Å². The molecule has 3 rings (SSSR count). The average Bonchev–Trinajstić information content (AvgIpc) is 2.54. The van der Waals surface area contributed by atoms with Crippen LogP contribution in [-0.4, -0.2) is 9.67 Å². The molecule has 0 unspecified atom stereocenters. The van der Waals surface area contributed by atoms with E-state index in [1.165, 1.54) is 4.57 Å². The molecule has 7 nitrogen and oxygen atoms in total. The van der Waals surface area contributed by atoms with Crippen molar-refractivity contribution < 1.29 is 9.52 Å². The van der Waals surface area contributed by atoms with Crippen LogP contribution in [0.15, 0.2) is 43.4 Å². The van der Waals surface area contributed by atoms with Crippen LogP contribution in [0.5, 0.6) is 5.75 Å². The molecule has 1 aromatic carbocycles. The van der Waals surface area contributed by atoms with Crippen molar-refractivity contribution in [1.82, 2.24) is 4.57 Å². The van der Waals surface area contributed by atoms with Gasteiger partial charge in [0.25, 0.3) is 5.56 Å². The Kier molecular flexibility index (Phi) is 3.69. The third kappa shape index (κ3) is 2.21. The van der Waals surface area contributed by atoms with Gasteiger partial charge in [-0.05, 0) is 23.7 Å². The van der Waals surface area contributed by atoms with Crippen molar-refractivity contribution >= 4 is 27.6 Å². The van der Waals surface area contributed by atoms with E-state index < -0.39 is 22.6 Å². The van der Waals surface area contributed by atoms with E-state index in [9.17, 15) is 19.6 Å². The molecule has 0 spiro atoms. The minimum atomic E-state index is -1.07. The largest absolute Gasteiger partial charge is 0.504 e. The summed E-state index contributed by atoms with van der Waals surface area (Å²) < 4.78 is 6.60. The van der Waals surface area contributed by atoms with Crippen molar-refractivity contribution in [2.75, 3.05) is 0 Å². The number of nitroso groups, excluding NO2 is 1. The van der Waals surface area contributed by atoms with Crippen molar-refractivity contribution in [3.05, 3.63) is 49.9 Å². The summed E-state index contributed by atoms with van der Waals surface area (Å²) in [7, 11) is 0. The molecular weight excluding hydrogens is 300 g/mol. The van der Waals surface area contributed by atoms with E-state index in [1.54, 1.807) is 24.3 Å². The molecule has 0 fully saturated rings. The first-order valence-corrected chi connectivity index (χ1v) is 7.24. The molecule has 0 saturated heterocycles. The molecule has 0 saturated carbocycles. The number of unbranched alkanes of at least 4 members (excludes halogenated alkanes) is 1. The second-order valence-electron chi connectivity index (χ2n) is 5.21. The molecule has 7 heteroatoms. The number of benzene rings is 1. The molecule has 0 aliphatic carbocycles. The number of pyridine rings is 1. The number of hydrogen-bond donors (Lipinski definition) is 1. The fourth-order valence-electron chi connectivity index (χ4n) is 2.67. The normalized spacial score (nSPS) is 11.2. The minimum Gasteiger partial charge on any atom is -0.504 e. The highest BCUT2D eigenvalue weighted by atomic mass is 16.4. The summed E-state index contributed by atoms with van der Waals surface area (Å²) in [6.45, 7) is 2.45. The van der Waals surface area contributed by atoms with Crippen molar-refractivity contribution in [2.24, 2.45) is 5.18 Å². The van der Waals surface area contributed by atoms with E-state index in [4.69, 9.17) is 4.42 Å². The van der Waals surface area contributed by atoms with Gasteiger partial charge < -0.3 is 14.1 Å². The minimum absolute atomic E-state index is 0.0340. The summed E-state index contributed by atoms with van der Waals surface area (Å²) in [6.07, 6.45) is 1.65. The predicted octanol–water partition coefficient (Wildman–Crippen LogP) is 3.01. The Hall–Kier alpha value is -2.96. The monoisotopic (exact) mass is 314 g/mol. The second-order valence-corrected chi connectivity index (χ2v) is 5.21. The zero-order chi connectivity index (χ0) is 16.6. The molecule has 23 heavy (non-hydrogen) atoms. The first-order chi connectivity index (χ1) is 11.1. The van der Waals surface area contributed by atoms with Crippen LogP contribution in [0.4, 0.5) is 5.69 Å². The van der Waals surface area contributed by atoms with E-state index >= 15 is 0 Å². The SMILES string of the molecule is CCCCn1c(=O)c2c(O)c(N=O)c(=O)oc2c2ccccc21. The van der Waals surface area contributed by atoms with E-state index in [-0.39, 0.29) is 11.0 Å². The molecule has 0 radical (unpaired) electrons. The third-order valence-corrected chi connectivity index (χ3v) is 3.80.